The molecular weight excluding hydrogens is 400 g/mol. The van der Waals surface area contributed by atoms with Gasteiger partial charge in [0.1, 0.15) is 0 Å². The zero-order valence-electron chi connectivity index (χ0n) is 15.2. The molecule has 3 rings (SSSR count). The molecule has 2 aliphatic heterocycles. The Balaban J connectivity index is 0.00000225. The van der Waals surface area contributed by atoms with Crippen LogP contribution in [-0.2, 0) is 11.2 Å². The van der Waals surface area contributed by atoms with Crippen molar-refractivity contribution in [1.29, 1.82) is 0 Å². The van der Waals surface area contributed by atoms with Gasteiger partial charge in [-0.1, -0.05) is 41.9 Å². The smallest absolute Gasteiger partial charge is 0.226 e. The first-order chi connectivity index (χ1) is 11.5. The summed E-state index contributed by atoms with van der Waals surface area (Å²) in [6, 6.07) is 9.26. The number of carbonyl (C=O) groups is 1. The molecule has 0 radical (unpaired) electrons. The molecule has 140 valence electrons. The quantitative estimate of drug-likeness (QED) is 0.751. The highest BCUT2D eigenvalue weighted by molar-refractivity contribution is 9.10. The Hall–Kier alpha value is -0.580. The molecule has 3 unspecified atom stereocenters. The van der Waals surface area contributed by atoms with Gasteiger partial charge in [-0.05, 0) is 62.3 Å². The molecule has 0 spiro atoms. The Morgan fingerprint density at radius 2 is 2.04 bits per heavy atom. The molecule has 3 atom stereocenters. The molecule has 3 nitrogen and oxygen atoms in total. The number of hydrogen-bond donors (Lipinski definition) is 1. The van der Waals surface area contributed by atoms with Crippen LogP contribution in [0.1, 0.15) is 45.1 Å². The van der Waals surface area contributed by atoms with Gasteiger partial charge in [-0.3, -0.25) is 4.79 Å². The second-order valence-electron chi connectivity index (χ2n) is 7.78. The molecule has 1 amide bonds. The van der Waals surface area contributed by atoms with Crippen molar-refractivity contribution in [1.82, 2.24) is 10.2 Å². The van der Waals surface area contributed by atoms with E-state index in [1.54, 1.807) is 0 Å². The normalized spacial score (nSPS) is 23.9. The summed E-state index contributed by atoms with van der Waals surface area (Å²) in [7, 11) is 0. The van der Waals surface area contributed by atoms with Gasteiger partial charge in [0.05, 0.1) is 0 Å². The number of nitrogens with zero attached hydrogens (tertiary/aromatic N) is 1. The highest BCUT2D eigenvalue weighted by atomic mass is 79.9. The number of carbonyl (C=O) groups excluding carboxylic acids is 1. The van der Waals surface area contributed by atoms with Crippen LogP contribution in [0.4, 0.5) is 0 Å². The van der Waals surface area contributed by atoms with Crippen LogP contribution in [-0.4, -0.2) is 36.0 Å². The van der Waals surface area contributed by atoms with Gasteiger partial charge in [-0.15, -0.1) is 12.4 Å². The summed E-state index contributed by atoms with van der Waals surface area (Å²) in [6.07, 6.45) is 5.26. The van der Waals surface area contributed by atoms with Crippen molar-refractivity contribution in [2.75, 3.05) is 13.1 Å². The predicted octanol–water partition coefficient (Wildman–Crippen LogP) is 4.43. The van der Waals surface area contributed by atoms with Crippen molar-refractivity contribution < 1.29 is 4.79 Å². The van der Waals surface area contributed by atoms with E-state index in [0.29, 0.717) is 23.9 Å². The molecule has 0 aliphatic carbocycles. The lowest BCUT2D eigenvalue weighted by Crippen LogP contribution is -2.46. The maximum absolute atomic E-state index is 13.4. The van der Waals surface area contributed by atoms with Crippen LogP contribution in [0.25, 0.3) is 0 Å². The molecule has 2 bridgehead atoms. The first kappa shape index (κ1) is 20.7. The number of benzene rings is 1. The third kappa shape index (κ3) is 5.21. The average Bonchev–Trinajstić information content (AvgIpc) is 2.78. The van der Waals surface area contributed by atoms with Gasteiger partial charge in [0.25, 0.3) is 0 Å². The maximum Gasteiger partial charge on any atom is 0.226 e. The second kappa shape index (κ2) is 9.38. The summed E-state index contributed by atoms with van der Waals surface area (Å²) in [6.45, 7) is 6.46. The number of fused-ring (bicyclic) bond motifs is 2. The molecule has 2 fully saturated rings. The molecule has 2 aliphatic rings. The van der Waals surface area contributed by atoms with E-state index < -0.39 is 0 Å². The molecule has 0 aromatic heterocycles. The summed E-state index contributed by atoms with van der Waals surface area (Å²) in [5.41, 5.74) is 1.25. The van der Waals surface area contributed by atoms with Crippen LogP contribution in [0.3, 0.4) is 0 Å². The van der Waals surface area contributed by atoms with Crippen molar-refractivity contribution in [2.45, 2.75) is 58.0 Å². The van der Waals surface area contributed by atoms with Gasteiger partial charge >= 0.3 is 0 Å². The minimum Gasteiger partial charge on any atom is -0.335 e. The van der Waals surface area contributed by atoms with Crippen molar-refractivity contribution in [3.63, 3.8) is 0 Å². The van der Waals surface area contributed by atoms with Gasteiger partial charge in [0.15, 0.2) is 0 Å². The van der Waals surface area contributed by atoms with E-state index in [-0.39, 0.29) is 18.3 Å². The monoisotopic (exact) mass is 428 g/mol. The van der Waals surface area contributed by atoms with Gasteiger partial charge in [-0.25, -0.2) is 0 Å². The first-order valence-corrected chi connectivity index (χ1v) is 10.1. The molecule has 0 saturated carbocycles. The minimum atomic E-state index is 0. The molecule has 2 heterocycles. The molecule has 2 saturated heterocycles. The summed E-state index contributed by atoms with van der Waals surface area (Å²) in [5, 5.41) is 3.50. The summed E-state index contributed by atoms with van der Waals surface area (Å²) in [4.78, 5) is 15.7. The van der Waals surface area contributed by atoms with E-state index in [1.165, 1.54) is 12.0 Å². The van der Waals surface area contributed by atoms with E-state index in [9.17, 15) is 4.79 Å². The van der Waals surface area contributed by atoms with Gasteiger partial charge in [-0.2, -0.15) is 0 Å². The molecule has 25 heavy (non-hydrogen) atoms. The molecular formula is C20H30BrClN2O. The van der Waals surface area contributed by atoms with Crippen molar-refractivity contribution in [3.05, 3.63) is 34.3 Å². The lowest BCUT2D eigenvalue weighted by atomic mass is 9.89. The summed E-state index contributed by atoms with van der Waals surface area (Å²) >= 11 is 3.55. The van der Waals surface area contributed by atoms with E-state index in [4.69, 9.17) is 0 Å². The van der Waals surface area contributed by atoms with E-state index in [1.807, 2.05) is 6.07 Å². The van der Waals surface area contributed by atoms with E-state index in [2.05, 4.69) is 58.2 Å². The van der Waals surface area contributed by atoms with Gasteiger partial charge in [0, 0.05) is 29.0 Å². The van der Waals surface area contributed by atoms with Crippen molar-refractivity contribution in [2.24, 2.45) is 11.8 Å². The van der Waals surface area contributed by atoms with Crippen LogP contribution in [0.2, 0.25) is 0 Å². The molecule has 1 aromatic carbocycles. The SMILES string of the molecule is CC(C)CC(Cc1cccc(Br)c1)C(=O)N1C2CCNCC1CC2.Cl. The van der Waals surface area contributed by atoms with Gasteiger partial charge < -0.3 is 10.2 Å². The van der Waals surface area contributed by atoms with Crippen LogP contribution >= 0.6 is 28.3 Å². The van der Waals surface area contributed by atoms with E-state index in [0.717, 1.165) is 43.2 Å². The highest BCUT2D eigenvalue weighted by Crippen LogP contribution is 2.32. The third-order valence-corrected chi connectivity index (χ3v) is 5.88. The Kier molecular flexibility index (Phi) is 7.78. The Morgan fingerprint density at radius 1 is 1.28 bits per heavy atom. The number of halogens is 2. The first-order valence-electron chi connectivity index (χ1n) is 9.32. The molecule has 5 heteroatoms. The van der Waals surface area contributed by atoms with Crippen molar-refractivity contribution >= 4 is 34.2 Å². The topological polar surface area (TPSA) is 32.3 Å². The predicted molar refractivity (Wildman–Crippen MR) is 109 cm³/mol. The Morgan fingerprint density at radius 3 is 2.76 bits per heavy atom. The van der Waals surface area contributed by atoms with Crippen LogP contribution in [0, 0.1) is 11.8 Å². The highest BCUT2D eigenvalue weighted by Gasteiger charge is 2.40. The number of rotatable bonds is 5. The zero-order valence-corrected chi connectivity index (χ0v) is 17.6. The Bertz CT molecular complexity index is 567. The maximum atomic E-state index is 13.4. The Labute approximate surface area is 166 Å². The minimum absolute atomic E-state index is 0. The number of hydrogen-bond acceptors (Lipinski definition) is 2. The summed E-state index contributed by atoms with van der Waals surface area (Å²) < 4.78 is 1.09. The standard InChI is InChI=1S/C20H29BrN2O.ClH/c1-14(2)10-16(11-15-4-3-5-17(21)12-15)20(24)23-18-6-7-19(23)13-22-9-8-18;/h3-5,12,14,16,18-19,22H,6-11,13H2,1-2H3;1H. The van der Waals surface area contributed by atoms with Gasteiger partial charge in [0.2, 0.25) is 5.91 Å². The van der Waals surface area contributed by atoms with Crippen LogP contribution in [0.5, 0.6) is 0 Å². The second-order valence-corrected chi connectivity index (χ2v) is 8.70. The van der Waals surface area contributed by atoms with Crippen LogP contribution in [0.15, 0.2) is 28.7 Å². The largest absolute Gasteiger partial charge is 0.335 e. The fourth-order valence-electron chi connectivity index (χ4n) is 4.34. The van der Waals surface area contributed by atoms with Crippen molar-refractivity contribution in [3.8, 4) is 0 Å². The third-order valence-electron chi connectivity index (χ3n) is 5.38. The number of nitrogens with one attached hydrogen (secondary N) is 1. The molecule has 1 aromatic rings. The summed E-state index contributed by atoms with van der Waals surface area (Å²) in [5.74, 6) is 1.02. The fourth-order valence-corrected chi connectivity index (χ4v) is 4.79. The van der Waals surface area contributed by atoms with E-state index >= 15 is 0 Å². The van der Waals surface area contributed by atoms with Crippen LogP contribution < -0.4 is 5.32 Å². The molecule has 1 N–H and O–H groups in total. The lowest BCUT2D eigenvalue weighted by molar-refractivity contribution is -0.138. The average molecular weight is 430 g/mol. The fraction of sp³-hybridized carbons (Fsp3) is 0.650. The lowest BCUT2D eigenvalue weighted by Gasteiger charge is -2.32. The number of amides is 1. The zero-order chi connectivity index (χ0) is 17.1.